The van der Waals surface area contributed by atoms with Crippen molar-refractivity contribution in [1.29, 1.82) is 0 Å². The molecule has 0 amide bonds. The number of rotatable bonds is 17. The zero-order valence-corrected chi connectivity index (χ0v) is 18.1. The number of carbonyl (C=O) groups excluding carboxylic acids is 2. The Balaban J connectivity index is 1.97. The maximum absolute atomic E-state index is 11.8. The summed E-state index contributed by atoms with van der Waals surface area (Å²) in [6.45, 7) is 2.66. The monoisotopic (exact) mass is 421 g/mol. The van der Waals surface area contributed by atoms with Crippen molar-refractivity contribution >= 4 is 17.6 Å². The number of hydrogen-bond acceptors (Lipinski definition) is 6. The molecule has 168 valence electrons. The molecule has 0 bridgehead atoms. The number of carbonyl (C=O) groups is 2. The van der Waals surface area contributed by atoms with E-state index in [0.717, 1.165) is 12.8 Å². The number of esters is 2. The van der Waals surface area contributed by atoms with Crippen LogP contribution in [0.25, 0.3) is 0 Å². The van der Waals surface area contributed by atoms with Crippen LogP contribution in [0.2, 0.25) is 0 Å². The number of benzene rings is 1. The summed E-state index contributed by atoms with van der Waals surface area (Å²) in [5.74, 6) is -0.533. The van der Waals surface area contributed by atoms with Gasteiger partial charge in [0, 0.05) is 25.0 Å². The second-order valence-electron chi connectivity index (χ2n) is 7.48. The van der Waals surface area contributed by atoms with Crippen molar-refractivity contribution < 1.29 is 24.0 Å². The summed E-state index contributed by atoms with van der Waals surface area (Å²) in [4.78, 5) is 33.5. The first-order valence-corrected chi connectivity index (χ1v) is 11.1. The molecule has 1 rings (SSSR count). The number of nitro groups is 1. The molecular weight excluding hydrogens is 386 g/mol. The average Bonchev–Trinajstić information content (AvgIpc) is 2.72. The highest BCUT2D eigenvalue weighted by Gasteiger charge is 2.10. The van der Waals surface area contributed by atoms with Gasteiger partial charge in [-0.05, 0) is 25.0 Å². The lowest BCUT2D eigenvalue weighted by Crippen LogP contribution is -2.10. The molecule has 0 unspecified atom stereocenters. The van der Waals surface area contributed by atoms with Gasteiger partial charge in [-0.15, -0.1) is 0 Å². The Labute approximate surface area is 179 Å². The fourth-order valence-electron chi connectivity index (χ4n) is 3.04. The molecule has 0 aliphatic rings. The van der Waals surface area contributed by atoms with Crippen LogP contribution in [0, 0.1) is 10.1 Å². The first kappa shape index (κ1) is 25.6. The van der Waals surface area contributed by atoms with E-state index in [9.17, 15) is 19.7 Å². The van der Waals surface area contributed by atoms with Gasteiger partial charge in [-0.3, -0.25) is 19.7 Å². The van der Waals surface area contributed by atoms with Crippen LogP contribution in [-0.4, -0.2) is 23.5 Å². The second-order valence-corrected chi connectivity index (χ2v) is 7.48. The summed E-state index contributed by atoms with van der Waals surface area (Å²) in [5, 5.41) is 10.6. The molecule has 0 saturated carbocycles. The van der Waals surface area contributed by atoms with Gasteiger partial charge in [0.15, 0.2) is 0 Å². The van der Waals surface area contributed by atoms with E-state index in [1.807, 2.05) is 0 Å². The number of nitrogens with zero attached hydrogens (tertiary/aromatic N) is 1. The highest BCUT2D eigenvalue weighted by Crippen LogP contribution is 2.18. The fourth-order valence-corrected chi connectivity index (χ4v) is 3.04. The standard InChI is InChI=1S/C23H35NO6/c1-2-3-4-5-6-7-8-9-10-11-19-29-22(25)13-12-14-23(26)30-21-17-15-20(16-18-21)24(27)28/h15-18H,2-14,19H2,1H3. The molecule has 7 heteroatoms. The zero-order valence-electron chi connectivity index (χ0n) is 18.1. The smallest absolute Gasteiger partial charge is 0.311 e. The molecule has 1 aromatic rings. The van der Waals surface area contributed by atoms with E-state index in [0.29, 0.717) is 13.0 Å². The van der Waals surface area contributed by atoms with Crippen LogP contribution in [0.15, 0.2) is 24.3 Å². The van der Waals surface area contributed by atoms with Gasteiger partial charge >= 0.3 is 11.9 Å². The lowest BCUT2D eigenvalue weighted by Gasteiger charge is -2.06. The summed E-state index contributed by atoms with van der Waals surface area (Å²) in [6.07, 6.45) is 12.9. The van der Waals surface area contributed by atoms with Crippen molar-refractivity contribution in [1.82, 2.24) is 0 Å². The number of hydrogen-bond donors (Lipinski definition) is 0. The average molecular weight is 422 g/mol. The van der Waals surface area contributed by atoms with Gasteiger partial charge in [0.05, 0.1) is 11.5 Å². The van der Waals surface area contributed by atoms with Crippen molar-refractivity contribution in [3.8, 4) is 5.75 Å². The van der Waals surface area contributed by atoms with Crippen molar-refractivity contribution in [2.45, 2.75) is 90.4 Å². The summed E-state index contributed by atoms with van der Waals surface area (Å²) in [7, 11) is 0. The van der Waals surface area contributed by atoms with E-state index < -0.39 is 10.9 Å². The molecule has 0 spiro atoms. The SMILES string of the molecule is CCCCCCCCCCCCOC(=O)CCCC(=O)Oc1ccc([N+](=O)[O-])cc1. The molecule has 0 N–H and O–H groups in total. The molecule has 0 aliphatic heterocycles. The van der Waals surface area contributed by atoms with Crippen molar-refractivity contribution in [3.05, 3.63) is 34.4 Å². The van der Waals surface area contributed by atoms with Gasteiger partial charge in [-0.2, -0.15) is 0 Å². The molecule has 0 aromatic heterocycles. The maximum Gasteiger partial charge on any atom is 0.311 e. The van der Waals surface area contributed by atoms with Crippen LogP contribution in [0.4, 0.5) is 5.69 Å². The molecule has 30 heavy (non-hydrogen) atoms. The second kappa shape index (κ2) is 16.4. The molecule has 1 aromatic carbocycles. The van der Waals surface area contributed by atoms with E-state index in [4.69, 9.17) is 9.47 Å². The summed E-state index contributed by atoms with van der Waals surface area (Å²) >= 11 is 0. The van der Waals surface area contributed by atoms with Crippen molar-refractivity contribution in [2.24, 2.45) is 0 Å². The number of unbranched alkanes of at least 4 members (excludes halogenated alkanes) is 9. The molecule has 7 nitrogen and oxygen atoms in total. The molecule has 0 heterocycles. The quantitative estimate of drug-likeness (QED) is 0.0986. The Kier molecular flexibility index (Phi) is 14.0. The highest BCUT2D eigenvalue weighted by atomic mass is 16.6. The molecule has 0 aliphatic carbocycles. The topological polar surface area (TPSA) is 95.7 Å². The van der Waals surface area contributed by atoms with E-state index in [1.54, 1.807) is 0 Å². The summed E-state index contributed by atoms with van der Waals surface area (Å²) < 4.78 is 10.3. The molecule has 0 fully saturated rings. The van der Waals surface area contributed by atoms with Gasteiger partial charge in [-0.1, -0.05) is 64.7 Å². The predicted octanol–water partition coefficient (Wildman–Crippen LogP) is 6.13. The van der Waals surface area contributed by atoms with E-state index in [-0.39, 0.29) is 30.2 Å². The van der Waals surface area contributed by atoms with Crippen LogP contribution < -0.4 is 4.74 Å². The first-order chi connectivity index (χ1) is 14.5. The van der Waals surface area contributed by atoms with Crippen LogP contribution >= 0.6 is 0 Å². The molecule has 0 saturated heterocycles. The lowest BCUT2D eigenvalue weighted by molar-refractivity contribution is -0.384. The minimum Gasteiger partial charge on any atom is -0.466 e. The Morgan fingerprint density at radius 2 is 1.33 bits per heavy atom. The Morgan fingerprint density at radius 1 is 0.800 bits per heavy atom. The van der Waals surface area contributed by atoms with Gasteiger partial charge in [0.2, 0.25) is 0 Å². The van der Waals surface area contributed by atoms with Gasteiger partial charge in [0.1, 0.15) is 5.75 Å². The molecule has 0 radical (unpaired) electrons. The van der Waals surface area contributed by atoms with E-state index in [2.05, 4.69) is 6.92 Å². The lowest BCUT2D eigenvalue weighted by atomic mass is 10.1. The number of non-ortho nitro benzene ring substituents is 1. The van der Waals surface area contributed by atoms with E-state index >= 15 is 0 Å². The third kappa shape index (κ3) is 12.9. The van der Waals surface area contributed by atoms with Crippen molar-refractivity contribution in [3.63, 3.8) is 0 Å². The Morgan fingerprint density at radius 3 is 1.90 bits per heavy atom. The van der Waals surface area contributed by atoms with Crippen molar-refractivity contribution in [2.75, 3.05) is 6.61 Å². The summed E-state index contributed by atoms with van der Waals surface area (Å²) in [5.41, 5.74) is -0.0695. The van der Waals surface area contributed by atoms with Crippen LogP contribution in [0.5, 0.6) is 5.75 Å². The Hall–Kier alpha value is -2.44. The third-order valence-electron chi connectivity index (χ3n) is 4.80. The largest absolute Gasteiger partial charge is 0.466 e. The molecule has 0 atom stereocenters. The third-order valence-corrected chi connectivity index (χ3v) is 4.80. The predicted molar refractivity (Wildman–Crippen MR) is 115 cm³/mol. The zero-order chi connectivity index (χ0) is 22.0. The van der Waals surface area contributed by atoms with Gasteiger partial charge in [-0.25, -0.2) is 0 Å². The fraction of sp³-hybridized carbons (Fsp3) is 0.652. The van der Waals surface area contributed by atoms with E-state index in [1.165, 1.54) is 75.6 Å². The normalized spacial score (nSPS) is 10.6. The minimum absolute atomic E-state index is 0.0695. The van der Waals surface area contributed by atoms with Crippen LogP contribution in [0.3, 0.4) is 0 Å². The molecular formula is C23H35NO6. The number of ether oxygens (including phenoxy) is 2. The summed E-state index contributed by atoms with van der Waals surface area (Å²) in [6, 6.07) is 5.29. The van der Waals surface area contributed by atoms with Crippen LogP contribution in [-0.2, 0) is 14.3 Å². The van der Waals surface area contributed by atoms with Gasteiger partial charge in [0.25, 0.3) is 5.69 Å². The number of nitro benzene ring substituents is 1. The highest BCUT2D eigenvalue weighted by molar-refractivity contribution is 5.74. The van der Waals surface area contributed by atoms with Gasteiger partial charge < -0.3 is 9.47 Å². The first-order valence-electron chi connectivity index (χ1n) is 11.1. The Bertz CT molecular complexity index is 629. The minimum atomic E-state index is -0.521. The van der Waals surface area contributed by atoms with Crippen LogP contribution in [0.1, 0.15) is 90.4 Å². The maximum atomic E-state index is 11.8.